The third-order valence-electron chi connectivity index (χ3n) is 11.8. The van der Waals surface area contributed by atoms with Gasteiger partial charge in [-0.2, -0.15) is 0 Å². The van der Waals surface area contributed by atoms with Crippen LogP contribution in [0.3, 0.4) is 0 Å². The van der Waals surface area contributed by atoms with Gasteiger partial charge in [0.1, 0.15) is 11.5 Å². The minimum atomic E-state index is -0.436. The number of hydrogen-bond acceptors (Lipinski definition) is 4. The fourth-order valence-corrected chi connectivity index (χ4v) is 8.39. The Kier molecular flexibility index (Phi) is 11.6. The fraction of sp³-hybridized carbons (Fsp3) is 0.236. The van der Waals surface area contributed by atoms with Crippen LogP contribution in [0.4, 0.5) is 34.1 Å². The van der Waals surface area contributed by atoms with Crippen molar-refractivity contribution in [3.05, 3.63) is 191 Å². The summed E-state index contributed by atoms with van der Waals surface area (Å²) in [6, 6.07) is 57.9. The molecule has 0 saturated heterocycles. The first-order chi connectivity index (χ1) is 28.8. The van der Waals surface area contributed by atoms with Gasteiger partial charge in [-0.3, -0.25) is 0 Å². The predicted molar refractivity (Wildman–Crippen MR) is 248 cm³/mol. The highest BCUT2D eigenvalue weighted by Gasteiger charge is 2.42. The lowest BCUT2D eigenvalue weighted by Gasteiger charge is -2.32. The van der Waals surface area contributed by atoms with Crippen LogP contribution in [-0.4, -0.2) is 13.2 Å². The van der Waals surface area contributed by atoms with Gasteiger partial charge in [-0.25, -0.2) is 0 Å². The molecule has 59 heavy (non-hydrogen) atoms. The van der Waals surface area contributed by atoms with Gasteiger partial charge < -0.3 is 19.3 Å². The van der Waals surface area contributed by atoms with Crippen molar-refractivity contribution in [1.29, 1.82) is 0 Å². The molecule has 0 radical (unpaired) electrons. The van der Waals surface area contributed by atoms with Crippen LogP contribution in [0.5, 0.6) is 11.5 Å². The molecule has 1 aliphatic carbocycles. The summed E-state index contributed by atoms with van der Waals surface area (Å²) in [4.78, 5) is 4.74. The highest BCUT2D eigenvalue weighted by atomic mass is 16.5. The molecule has 0 aliphatic heterocycles. The van der Waals surface area contributed by atoms with Gasteiger partial charge in [0, 0.05) is 39.5 Å². The van der Waals surface area contributed by atoms with Gasteiger partial charge in [0.15, 0.2) is 0 Å². The molecule has 0 heterocycles. The van der Waals surface area contributed by atoms with Crippen LogP contribution in [0.25, 0.3) is 11.1 Å². The van der Waals surface area contributed by atoms with Crippen LogP contribution in [-0.2, 0) is 5.41 Å². The van der Waals surface area contributed by atoms with Gasteiger partial charge in [-0.15, -0.1) is 0 Å². The van der Waals surface area contributed by atoms with Gasteiger partial charge in [-0.1, -0.05) is 104 Å². The highest BCUT2D eigenvalue weighted by molar-refractivity contribution is 5.90. The second-order valence-electron chi connectivity index (χ2n) is 16.2. The number of hydrogen-bond donors (Lipinski definition) is 0. The molecule has 7 aromatic carbocycles. The summed E-state index contributed by atoms with van der Waals surface area (Å²) in [6.45, 7) is 14.7. The molecule has 4 nitrogen and oxygen atoms in total. The van der Waals surface area contributed by atoms with Gasteiger partial charge in [0.2, 0.25) is 0 Å². The molecule has 8 rings (SSSR count). The van der Waals surface area contributed by atoms with E-state index in [-0.39, 0.29) is 0 Å². The fourth-order valence-electron chi connectivity index (χ4n) is 8.39. The Morgan fingerprint density at radius 2 is 0.814 bits per heavy atom. The molecular weight excluding hydrogens is 721 g/mol. The zero-order valence-corrected chi connectivity index (χ0v) is 35.5. The molecule has 0 N–H and O–H groups in total. The number of aryl methyl sites for hydroxylation is 3. The summed E-state index contributed by atoms with van der Waals surface area (Å²) in [5, 5.41) is 0. The molecule has 0 atom stereocenters. The predicted octanol–water partition coefficient (Wildman–Crippen LogP) is 15.2. The van der Waals surface area contributed by atoms with Gasteiger partial charge in [-0.05, 0) is 165 Å². The van der Waals surface area contributed by atoms with Crippen molar-refractivity contribution in [3.8, 4) is 22.6 Å². The summed E-state index contributed by atoms with van der Waals surface area (Å²) in [5.74, 6) is 1.79. The smallest absolute Gasteiger partial charge is 0.119 e. The van der Waals surface area contributed by atoms with Crippen molar-refractivity contribution in [1.82, 2.24) is 0 Å². The van der Waals surface area contributed by atoms with Crippen LogP contribution in [0.1, 0.15) is 79.8 Å². The Labute approximate surface area is 351 Å². The minimum Gasteiger partial charge on any atom is -0.494 e. The monoisotopic (exact) mass is 776 g/mol. The zero-order chi connectivity index (χ0) is 40.9. The molecular formula is C55H56N2O2. The molecule has 1 aliphatic rings. The van der Waals surface area contributed by atoms with E-state index < -0.39 is 5.41 Å². The van der Waals surface area contributed by atoms with E-state index in [4.69, 9.17) is 9.47 Å². The van der Waals surface area contributed by atoms with E-state index >= 15 is 0 Å². The number of anilines is 6. The van der Waals surface area contributed by atoms with Crippen LogP contribution >= 0.6 is 0 Å². The molecule has 0 amide bonds. The second kappa shape index (κ2) is 17.3. The summed E-state index contributed by atoms with van der Waals surface area (Å²) in [6.07, 6.45) is 4.31. The SMILES string of the molecule is CCCCOc1ccc(N(c2ccc(C)cc2)c2ccc3c(c2)C(C)(c2cccc(C)c2)c2cc(N(c4ccc(C)cc4)c4ccc(OCCCC)cc4)ccc2-3)cc1. The van der Waals surface area contributed by atoms with Crippen molar-refractivity contribution in [2.24, 2.45) is 0 Å². The van der Waals surface area contributed by atoms with E-state index in [1.807, 2.05) is 0 Å². The number of unbranched alkanes of at least 4 members (excludes halogenated alkanes) is 2. The average Bonchev–Trinajstić information content (AvgIpc) is 3.51. The average molecular weight is 777 g/mol. The summed E-state index contributed by atoms with van der Waals surface area (Å²) in [7, 11) is 0. The maximum atomic E-state index is 6.07. The third kappa shape index (κ3) is 8.10. The van der Waals surface area contributed by atoms with Gasteiger partial charge >= 0.3 is 0 Å². The topological polar surface area (TPSA) is 24.9 Å². The molecule has 0 saturated carbocycles. The lowest BCUT2D eigenvalue weighted by Crippen LogP contribution is -2.23. The first-order valence-electron chi connectivity index (χ1n) is 21.3. The molecule has 7 aromatic rings. The first-order valence-corrected chi connectivity index (χ1v) is 21.3. The maximum absolute atomic E-state index is 6.07. The van der Waals surface area contributed by atoms with E-state index in [0.29, 0.717) is 0 Å². The van der Waals surface area contributed by atoms with Crippen molar-refractivity contribution >= 4 is 34.1 Å². The number of benzene rings is 7. The second-order valence-corrected chi connectivity index (χ2v) is 16.2. The summed E-state index contributed by atoms with van der Waals surface area (Å²) < 4.78 is 12.1. The van der Waals surface area contributed by atoms with Crippen molar-refractivity contribution in [3.63, 3.8) is 0 Å². The Hall–Kier alpha value is -6.26. The van der Waals surface area contributed by atoms with Crippen molar-refractivity contribution in [2.75, 3.05) is 23.0 Å². The Morgan fingerprint density at radius 3 is 1.20 bits per heavy atom. The number of nitrogens with zero attached hydrogens (tertiary/aromatic N) is 2. The summed E-state index contributed by atoms with van der Waals surface area (Å²) in [5.41, 5.74) is 16.3. The largest absolute Gasteiger partial charge is 0.494 e. The van der Waals surface area contributed by atoms with E-state index in [0.717, 1.165) is 84.5 Å². The molecule has 4 heteroatoms. The van der Waals surface area contributed by atoms with Crippen LogP contribution in [0.15, 0.2) is 158 Å². The van der Waals surface area contributed by atoms with Gasteiger partial charge in [0.05, 0.1) is 13.2 Å². The van der Waals surface area contributed by atoms with E-state index in [1.54, 1.807) is 0 Å². The minimum absolute atomic E-state index is 0.436. The molecule has 0 unspecified atom stereocenters. The number of fused-ring (bicyclic) bond motifs is 3. The zero-order valence-electron chi connectivity index (χ0n) is 35.5. The van der Waals surface area contributed by atoms with Gasteiger partial charge in [0.25, 0.3) is 0 Å². The van der Waals surface area contributed by atoms with Crippen molar-refractivity contribution < 1.29 is 9.47 Å². The molecule has 0 fully saturated rings. The lowest BCUT2D eigenvalue weighted by molar-refractivity contribution is 0.309. The molecule has 0 aromatic heterocycles. The first kappa shape index (κ1) is 39.6. The van der Waals surface area contributed by atoms with E-state index in [2.05, 4.69) is 209 Å². The standard InChI is InChI=1S/C55H56N2O2/c1-7-9-34-58-49-28-22-45(23-29-49)56(43-18-14-39(3)15-19-43)47-26-32-51-52-33-27-48(38-54(52)55(6,53(51)37-47)42-13-11-12-41(5)36-42)57(44-20-16-40(4)17-21-44)46-24-30-50(31-25-46)59-35-10-8-2/h11-33,36-38H,7-10,34-35H2,1-6H3. The van der Waals surface area contributed by atoms with Crippen LogP contribution in [0.2, 0.25) is 0 Å². The quantitative estimate of drug-likeness (QED) is 0.0968. The maximum Gasteiger partial charge on any atom is 0.119 e. The molecule has 0 bridgehead atoms. The Balaban J connectivity index is 1.26. The van der Waals surface area contributed by atoms with Crippen molar-refractivity contribution in [2.45, 2.75) is 72.6 Å². The normalized spacial score (nSPS) is 12.4. The third-order valence-corrected chi connectivity index (χ3v) is 11.8. The van der Waals surface area contributed by atoms with E-state index in [9.17, 15) is 0 Å². The lowest BCUT2D eigenvalue weighted by atomic mass is 9.73. The molecule has 0 spiro atoms. The van der Waals surface area contributed by atoms with Crippen LogP contribution in [0, 0.1) is 20.8 Å². The Morgan fingerprint density at radius 1 is 0.424 bits per heavy atom. The Bertz CT molecular complexity index is 2350. The summed E-state index contributed by atoms with van der Waals surface area (Å²) >= 11 is 0. The van der Waals surface area contributed by atoms with E-state index in [1.165, 1.54) is 44.5 Å². The number of rotatable bonds is 15. The molecule has 298 valence electrons. The number of ether oxygens (including phenoxy) is 2. The highest BCUT2D eigenvalue weighted by Crippen LogP contribution is 2.55. The van der Waals surface area contributed by atoms with Crippen LogP contribution < -0.4 is 19.3 Å².